The van der Waals surface area contributed by atoms with E-state index in [2.05, 4.69) is 25.1 Å². The molecule has 0 radical (unpaired) electrons. The maximum absolute atomic E-state index is 8.95. The van der Waals surface area contributed by atoms with Gasteiger partial charge in [-0.25, -0.2) is 0 Å². The van der Waals surface area contributed by atoms with Crippen molar-refractivity contribution in [1.29, 1.82) is 0 Å². The molecule has 0 atom stereocenters. The highest BCUT2D eigenvalue weighted by atomic mass is 16.3. The van der Waals surface area contributed by atoms with E-state index in [0.29, 0.717) is 0 Å². The lowest BCUT2D eigenvalue weighted by molar-refractivity contribution is 0.282. The first-order valence-corrected chi connectivity index (χ1v) is 5.40. The Morgan fingerprint density at radius 2 is 1.53 bits per heavy atom. The minimum atomic E-state index is 0.115. The molecule has 80 valence electrons. The average Bonchev–Trinajstić information content (AvgIpc) is 2.31. The molecular weight excluding hydrogens is 184 g/mol. The van der Waals surface area contributed by atoms with Crippen LogP contribution in [0.5, 0.6) is 0 Å². The molecule has 0 aliphatic heterocycles. The molecule has 0 aliphatic carbocycles. The van der Waals surface area contributed by atoms with E-state index in [-0.39, 0.29) is 6.61 Å². The molecule has 2 aromatic carbocycles. The SMILES string of the molecule is CC.Cc1ccc2cc(CO)ccc2c1. The fourth-order valence-corrected chi connectivity index (χ4v) is 1.51. The Morgan fingerprint density at radius 3 is 2.20 bits per heavy atom. The van der Waals surface area contributed by atoms with E-state index in [9.17, 15) is 0 Å². The molecule has 0 unspecified atom stereocenters. The van der Waals surface area contributed by atoms with Gasteiger partial charge < -0.3 is 5.11 Å². The second-order valence-corrected chi connectivity index (χ2v) is 3.34. The van der Waals surface area contributed by atoms with Gasteiger partial charge in [-0.1, -0.05) is 49.7 Å². The number of fused-ring (bicyclic) bond motifs is 1. The van der Waals surface area contributed by atoms with Crippen LogP contribution in [0.1, 0.15) is 25.0 Å². The minimum Gasteiger partial charge on any atom is -0.392 e. The van der Waals surface area contributed by atoms with Gasteiger partial charge in [-0.2, -0.15) is 0 Å². The fourth-order valence-electron chi connectivity index (χ4n) is 1.51. The van der Waals surface area contributed by atoms with Crippen LogP contribution in [0.3, 0.4) is 0 Å². The van der Waals surface area contributed by atoms with Crippen LogP contribution < -0.4 is 0 Å². The monoisotopic (exact) mass is 202 g/mol. The molecule has 15 heavy (non-hydrogen) atoms. The molecule has 2 aromatic rings. The summed E-state index contributed by atoms with van der Waals surface area (Å²) in [5.41, 5.74) is 2.24. The van der Waals surface area contributed by atoms with Gasteiger partial charge in [0.1, 0.15) is 0 Å². The Morgan fingerprint density at radius 1 is 0.933 bits per heavy atom. The van der Waals surface area contributed by atoms with Gasteiger partial charge in [0.2, 0.25) is 0 Å². The predicted molar refractivity (Wildman–Crippen MR) is 66.0 cm³/mol. The number of aryl methyl sites for hydroxylation is 1. The number of aliphatic hydroxyl groups excluding tert-OH is 1. The maximum Gasteiger partial charge on any atom is 0.0682 e. The van der Waals surface area contributed by atoms with E-state index in [1.165, 1.54) is 16.3 Å². The third kappa shape index (κ3) is 2.80. The molecular formula is C14H18O. The molecule has 0 fully saturated rings. The quantitative estimate of drug-likeness (QED) is 0.748. The zero-order valence-electron chi connectivity index (χ0n) is 9.62. The summed E-state index contributed by atoms with van der Waals surface area (Å²) in [6.07, 6.45) is 0. The normalized spacial score (nSPS) is 9.60. The molecule has 2 rings (SSSR count). The molecule has 1 heteroatoms. The minimum absolute atomic E-state index is 0.115. The zero-order chi connectivity index (χ0) is 11.3. The Bertz CT molecular complexity index is 432. The Kier molecular flexibility index (Phi) is 4.32. The number of hydrogen-bond donors (Lipinski definition) is 1. The Balaban J connectivity index is 0.000000531. The van der Waals surface area contributed by atoms with Crippen molar-refractivity contribution in [2.75, 3.05) is 0 Å². The predicted octanol–water partition coefficient (Wildman–Crippen LogP) is 3.67. The Hall–Kier alpha value is -1.34. The average molecular weight is 202 g/mol. The molecule has 0 bridgehead atoms. The topological polar surface area (TPSA) is 20.2 Å². The van der Waals surface area contributed by atoms with Gasteiger partial charge in [0.05, 0.1) is 6.61 Å². The van der Waals surface area contributed by atoms with Crippen LogP contribution in [0.4, 0.5) is 0 Å². The van der Waals surface area contributed by atoms with Crippen molar-refractivity contribution < 1.29 is 5.11 Å². The van der Waals surface area contributed by atoms with Gasteiger partial charge >= 0.3 is 0 Å². The van der Waals surface area contributed by atoms with E-state index in [1.807, 2.05) is 32.0 Å². The summed E-state index contributed by atoms with van der Waals surface area (Å²) in [5.74, 6) is 0. The van der Waals surface area contributed by atoms with Crippen molar-refractivity contribution in [2.45, 2.75) is 27.4 Å². The lowest BCUT2D eigenvalue weighted by Gasteiger charge is -2.01. The van der Waals surface area contributed by atoms with Crippen molar-refractivity contribution in [3.05, 3.63) is 47.5 Å². The van der Waals surface area contributed by atoms with Crippen LogP contribution >= 0.6 is 0 Å². The van der Waals surface area contributed by atoms with Crippen LogP contribution in [0, 0.1) is 6.92 Å². The molecule has 0 amide bonds. The van der Waals surface area contributed by atoms with Gasteiger partial charge in [0, 0.05) is 0 Å². The van der Waals surface area contributed by atoms with E-state index >= 15 is 0 Å². The first-order valence-electron chi connectivity index (χ1n) is 5.40. The van der Waals surface area contributed by atoms with E-state index in [0.717, 1.165) is 5.56 Å². The molecule has 0 spiro atoms. The van der Waals surface area contributed by atoms with Crippen molar-refractivity contribution in [1.82, 2.24) is 0 Å². The molecule has 0 saturated heterocycles. The summed E-state index contributed by atoms with van der Waals surface area (Å²) in [7, 11) is 0. The smallest absolute Gasteiger partial charge is 0.0682 e. The van der Waals surface area contributed by atoms with E-state index < -0.39 is 0 Å². The first kappa shape index (κ1) is 11.7. The number of benzene rings is 2. The molecule has 1 N–H and O–H groups in total. The van der Waals surface area contributed by atoms with Crippen LogP contribution in [0.15, 0.2) is 36.4 Å². The summed E-state index contributed by atoms with van der Waals surface area (Å²) < 4.78 is 0. The van der Waals surface area contributed by atoms with Crippen molar-refractivity contribution in [3.63, 3.8) is 0 Å². The van der Waals surface area contributed by atoms with E-state index in [4.69, 9.17) is 5.11 Å². The summed E-state index contributed by atoms with van der Waals surface area (Å²) in [5, 5.41) is 11.4. The highest BCUT2D eigenvalue weighted by molar-refractivity contribution is 5.83. The molecule has 0 aromatic heterocycles. The lowest BCUT2D eigenvalue weighted by atomic mass is 10.1. The van der Waals surface area contributed by atoms with Crippen molar-refractivity contribution >= 4 is 10.8 Å². The number of hydrogen-bond acceptors (Lipinski definition) is 1. The van der Waals surface area contributed by atoms with E-state index in [1.54, 1.807) is 0 Å². The van der Waals surface area contributed by atoms with Crippen LogP contribution in [-0.2, 0) is 6.61 Å². The molecule has 1 nitrogen and oxygen atoms in total. The number of aliphatic hydroxyl groups is 1. The van der Waals surface area contributed by atoms with Gasteiger partial charge in [0.25, 0.3) is 0 Å². The second-order valence-electron chi connectivity index (χ2n) is 3.34. The van der Waals surface area contributed by atoms with Crippen LogP contribution in [-0.4, -0.2) is 5.11 Å². The Labute approximate surface area is 91.4 Å². The zero-order valence-corrected chi connectivity index (χ0v) is 9.62. The summed E-state index contributed by atoms with van der Waals surface area (Å²) in [6.45, 7) is 6.20. The van der Waals surface area contributed by atoms with Gasteiger partial charge in [-0.3, -0.25) is 0 Å². The van der Waals surface area contributed by atoms with Crippen LogP contribution in [0.25, 0.3) is 10.8 Å². The third-order valence-electron chi connectivity index (χ3n) is 2.24. The molecule has 0 heterocycles. The second kappa shape index (κ2) is 5.52. The van der Waals surface area contributed by atoms with Crippen molar-refractivity contribution in [2.24, 2.45) is 0 Å². The summed E-state index contributed by atoms with van der Waals surface area (Å²) >= 11 is 0. The molecule has 0 saturated carbocycles. The van der Waals surface area contributed by atoms with Gasteiger partial charge in [-0.05, 0) is 29.3 Å². The largest absolute Gasteiger partial charge is 0.392 e. The lowest BCUT2D eigenvalue weighted by Crippen LogP contribution is -1.82. The first-order chi connectivity index (χ1) is 7.29. The van der Waals surface area contributed by atoms with Crippen LogP contribution in [0.2, 0.25) is 0 Å². The highest BCUT2D eigenvalue weighted by Gasteiger charge is 1.95. The third-order valence-corrected chi connectivity index (χ3v) is 2.24. The fraction of sp³-hybridized carbons (Fsp3) is 0.286. The van der Waals surface area contributed by atoms with Gasteiger partial charge in [-0.15, -0.1) is 0 Å². The maximum atomic E-state index is 8.95. The summed E-state index contributed by atoms with van der Waals surface area (Å²) in [4.78, 5) is 0. The van der Waals surface area contributed by atoms with Crippen molar-refractivity contribution in [3.8, 4) is 0 Å². The standard InChI is InChI=1S/C12H12O.C2H6/c1-9-2-4-12-7-10(8-13)3-5-11(12)6-9;1-2/h2-7,13H,8H2,1H3;1-2H3. The summed E-state index contributed by atoms with van der Waals surface area (Å²) in [6, 6.07) is 12.4. The number of rotatable bonds is 1. The van der Waals surface area contributed by atoms with Gasteiger partial charge in [0.15, 0.2) is 0 Å². The highest BCUT2D eigenvalue weighted by Crippen LogP contribution is 2.17. The molecule has 0 aliphatic rings.